The highest BCUT2D eigenvalue weighted by Crippen LogP contribution is 2.32. The van der Waals surface area contributed by atoms with E-state index in [4.69, 9.17) is 0 Å². The third-order valence-electron chi connectivity index (χ3n) is 5.14. The number of carbonyl (C=O) groups excluding carboxylic acids is 1. The van der Waals surface area contributed by atoms with Gasteiger partial charge in [0.2, 0.25) is 5.91 Å². The quantitative estimate of drug-likeness (QED) is 0.587. The third-order valence-corrected chi connectivity index (χ3v) is 9.53. The van der Waals surface area contributed by atoms with E-state index in [0.29, 0.717) is 35.3 Å². The number of aromatic nitrogens is 1. The van der Waals surface area contributed by atoms with Gasteiger partial charge in [0.05, 0.1) is 16.1 Å². The molecule has 6 nitrogen and oxygen atoms in total. The molecule has 1 aliphatic rings. The summed E-state index contributed by atoms with van der Waals surface area (Å²) in [6.07, 6.45) is 1.37. The van der Waals surface area contributed by atoms with E-state index in [9.17, 15) is 13.2 Å². The number of fused-ring (bicyclic) bond motifs is 1. The number of benzene rings is 1. The molecule has 2 aromatic heterocycles. The fourth-order valence-corrected chi connectivity index (χ4v) is 7.62. The molecule has 0 radical (unpaired) electrons. The summed E-state index contributed by atoms with van der Waals surface area (Å²) in [5.41, 5.74) is 0.875. The molecular formula is C20H23N3O3S3. The first-order valence-electron chi connectivity index (χ1n) is 9.63. The van der Waals surface area contributed by atoms with E-state index in [1.807, 2.05) is 44.2 Å². The second kappa shape index (κ2) is 8.14. The number of sulfonamides is 1. The Labute approximate surface area is 178 Å². The SMILES string of the molecule is CCN(C(=O)[C@H]1CCCN(S(=O)(=O)c2ccc(C)s2)C1)c1nc2ccccc2s1. The first-order chi connectivity index (χ1) is 13.9. The Hall–Kier alpha value is -1.81. The average molecular weight is 450 g/mol. The summed E-state index contributed by atoms with van der Waals surface area (Å²) in [6.45, 7) is 5.00. The van der Waals surface area contributed by atoms with Crippen molar-refractivity contribution in [1.82, 2.24) is 9.29 Å². The van der Waals surface area contributed by atoms with Crippen LogP contribution in [0, 0.1) is 12.8 Å². The fourth-order valence-electron chi connectivity index (χ4n) is 3.62. The Morgan fingerprint density at radius 3 is 2.72 bits per heavy atom. The summed E-state index contributed by atoms with van der Waals surface area (Å²) in [6, 6.07) is 11.3. The zero-order chi connectivity index (χ0) is 20.6. The van der Waals surface area contributed by atoms with Crippen LogP contribution in [-0.2, 0) is 14.8 Å². The second-order valence-corrected chi connectivity index (χ2v) is 11.6. The van der Waals surface area contributed by atoms with Crippen molar-refractivity contribution in [1.29, 1.82) is 0 Å². The number of thiophene rings is 1. The molecule has 9 heteroatoms. The van der Waals surface area contributed by atoms with Gasteiger partial charge < -0.3 is 0 Å². The highest BCUT2D eigenvalue weighted by atomic mass is 32.2. The van der Waals surface area contributed by atoms with E-state index >= 15 is 0 Å². The van der Waals surface area contributed by atoms with Crippen LogP contribution in [-0.4, -0.2) is 43.2 Å². The van der Waals surface area contributed by atoms with Crippen LogP contribution in [0.15, 0.2) is 40.6 Å². The van der Waals surface area contributed by atoms with Crippen LogP contribution in [0.4, 0.5) is 5.13 Å². The van der Waals surface area contributed by atoms with Crippen molar-refractivity contribution < 1.29 is 13.2 Å². The van der Waals surface area contributed by atoms with Gasteiger partial charge in [-0.2, -0.15) is 4.31 Å². The Balaban J connectivity index is 1.56. The molecule has 0 aliphatic carbocycles. The van der Waals surface area contributed by atoms with Gasteiger partial charge in [0.15, 0.2) is 5.13 Å². The molecule has 1 amide bonds. The lowest BCUT2D eigenvalue weighted by Crippen LogP contribution is -2.46. The number of aryl methyl sites for hydroxylation is 1. The lowest BCUT2D eigenvalue weighted by atomic mass is 9.98. The van der Waals surface area contributed by atoms with Gasteiger partial charge in [0.25, 0.3) is 10.0 Å². The lowest BCUT2D eigenvalue weighted by molar-refractivity contribution is -0.123. The maximum Gasteiger partial charge on any atom is 0.252 e. The second-order valence-electron chi connectivity index (χ2n) is 7.11. The monoisotopic (exact) mass is 449 g/mol. The van der Waals surface area contributed by atoms with Crippen molar-refractivity contribution in [3.8, 4) is 0 Å². The zero-order valence-electron chi connectivity index (χ0n) is 16.4. The minimum atomic E-state index is -3.56. The van der Waals surface area contributed by atoms with Gasteiger partial charge in [-0.1, -0.05) is 23.5 Å². The molecule has 1 atom stereocenters. The summed E-state index contributed by atoms with van der Waals surface area (Å²) in [4.78, 5) is 20.6. The molecule has 3 heterocycles. The van der Waals surface area contributed by atoms with Gasteiger partial charge in [-0.3, -0.25) is 9.69 Å². The van der Waals surface area contributed by atoms with E-state index < -0.39 is 10.0 Å². The lowest BCUT2D eigenvalue weighted by Gasteiger charge is -2.33. The van der Waals surface area contributed by atoms with Gasteiger partial charge in [0.1, 0.15) is 4.21 Å². The summed E-state index contributed by atoms with van der Waals surface area (Å²) >= 11 is 2.77. The molecule has 0 saturated carbocycles. The highest BCUT2D eigenvalue weighted by Gasteiger charge is 2.36. The van der Waals surface area contributed by atoms with Crippen molar-refractivity contribution in [3.05, 3.63) is 41.3 Å². The minimum absolute atomic E-state index is 0.0474. The molecule has 0 unspecified atom stereocenters. The number of hydrogen-bond acceptors (Lipinski definition) is 6. The Kier molecular flexibility index (Phi) is 5.74. The Morgan fingerprint density at radius 1 is 1.24 bits per heavy atom. The molecule has 1 aromatic carbocycles. The predicted molar refractivity (Wildman–Crippen MR) is 118 cm³/mol. The number of nitrogens with zero attached hydrogens (tertiary/aromatic N) is 3. The molecule has 29 heavy (non-hydrogen) atoms. The minimum Gasteiger partial charge on any atom is -0.288 e. The smallest absolute Gasteiger partial charge is 0.252 e. The van der Waals surface area contributed by atoms with Crippen LogP contribution in [0.25, 0.3) is 10.2 Å². The maximum atomic E-state index is 13.3. The van der Waals surface area contributed by atoms with Crippen LogP contribution in [0.2, 0.25) is 0 Å². The molecule has 0 bridgehead atoms. The van der Waals surface area contributed by atoms with Crippen LogP contribution in [0.5, 0.6) is 0 Å². The summed E-state index contributed by atoms with van der Waals surface area (Å²) in [5.74, 6) is -0.402. The first-order valence-corrected chi connectivity index (χ1v) is 12.7. The number of amides is 1. The maximum absolute atomic E-state index is 13.3. The van der Waals surface area contributed by atoms with E-state index in [1.54, 1.807) is 11.0 Å². The van der Waals surface area contributed by atoms with Gasteiger partial charge in [-0.25, -0.2) is 13.4 Å². The summed E-state index contributed by atoms with van der Waals surface area (Å²) in [7, 11) is -3.56. The van der Waals surface area contributed by atoms with Crippen LogP contribution < -0.4 is 4.90 Å². The van der Waals surface area contributed by atoms with Crippen LogP contribution in [0.1, 0.15) is 24.6 Å². The average Bonchev–Trinajstić information content (AvgIpc) is 3.35. The molecule has 3 aromatic rings. The number of carbonyl (C=O) groups is 1. The molecule has 154 valence electrons. The standard InChI is InChI=1S/C20H23N3O3S3/c1-3-23(20-21-16-8-4-5-9-17(16)28-20)19(24)15-7-6-12-22(13-15)29(25,26)18-11-10-14(2)27-18/h4-5,8-11,15H,3,6-7,12-13H2,1-2H3/t15-/m0/s1. The first kappa shape index (κ1) is 20.5. The number of para-hydroxylation sites is 1. The van der Waals surface area contributed by atoms with Crippen molar-refractivity contribution >= 4 is 54.0 Å². The zero-order valence-corrected chi connectivity index (χ0v) is 18.8. The van der Waals surface area contributed by atoms with E-state index in [-0.39, 0.29) is 18.4 Å². The third kappa shape index (κ3) is 3.96. The van der Waals surface area contributed by atoms with Crippen molar-refractivity contribution in [2.24, 2.45) is 5.92 Å². The van der Waals surface area contributed by atoms with Gasteiger partial charge >= 0.3 is 0 Å². The molecule has 4 rings (SSSR count). The van der Waals surface area contributed by atoms with Crippen LogP contribution >= 0.6 is 22.7 Å². The van der Waals surface area contributed by atoms with Crippen molar-refractivity contribution in [3.63, 3.8) is 0 Å². The molecule has 1 saturated heterocycles. The Bertz CT molecular complexity index is 1100. The largest absolute Gasteiger partial charge is 0.288 e. The number of anilines is 1. The topological polar surface area (TPSA) is 70.6 Å². The van der Waals surface area contributed by atoms with Crippen molar-refractivity contribution in [2.45, 2.75) is 30.9 Å². The summed E-state index contributed by atoms with van der Waals surface area (Å²) in [5, 5.41) is 0.674. The van der Waals surface area contributed by atoms with Crippen LogP contribution in [0.3, 0.4) is 0 Å². The van der Waals surface area contributed by atoms with E-state index in [1.165, 1.54) is 27.0 Å². The fraction of sp³-hybridized carbons (Fsp3) is 0.400. The number of piperidine rings is 1. The molecule has 0 spiro atoms. The summed E-state index contributed by atoms with van der Waals surface area (Å²) < 4.78 is 28.8. The molecule has 1 fully saturated rings. The van der Waals surface area contributed by atoms with E-state index in [2.05, 4.69) is 4.98 Å². The van der Waals surface area contributed by atoms with Crippen molar-refractivity contribution in [2.75, 3.05) is 24.5 Å². The molecule has 0 N–H and O–H groups in total. The van der Waals surface area contributed by atoms with Gasteiger partial charge in [0, 0.05) is 24.5 Å². The number of thiazole rings is 1. The Morgan fingerprint density at radius 2 is 2.03 bits per heavy atom. The van der Waals surface area contributed by atoms with Gasteiger partial charge in [-0.15, -0.1) is 11.3 Å². The normalized spacial score (nSPS) is 18.2. The number of rotatable bonds is 5. The van der Waals surface area contributed by atoms with E-state index in [0.717, 1.165) is 15.1 Å². The highest BCUT2D eigenvalue weighted by molar-refractivity contribution is 7.91. The molecule has 1 aliphatic heterocycles. The van der Waals surface area contributed by atoms with Gasteiger partial charge in [-0.05, 0) is 51.0 Å². The number of hydrogen-bond donors (Lipinski definition) is 0. The predicted octanol–water partition coefficient (Wildman–Crippen LogP) is 4.12. The molecular weight excluding hydrogens is 426 g/mol.